The molecule has 0 fully saturated rings. The fraction of sp³-hybridized carbons (Fsp3) is 0.231. The molecule has 1 amide bonds. The van der Waals surface area contributed by atoms with Gasteiger partial charge in [0.15, 0.2) is 5.76 Å². The molecular formula is C26H25Cl2N3O4. The molecule has 0 atom stereocenters. The molecule has 2 heterocycles. The van der Waals surface area contributed by atoms with E-state index < -0.39 is 0 Å². The first kappa shape index (κ1) is 24.7. The van der Waals surface area contributed by atoms with Gasteiger partial charge in [-0.25, -0.2) is 0 Å². The summed E-state index contributed by atoms with van der Waals surface area (Å²) in [7, 11) is 0. The Hall–Kier alpha value is -3.42. The zero-order valence-electron chi connectivity index (χ0n) is 19.6. The lowest BCUT2D eigenvalue weighted by Crippen LogP contribution is -2.12. The highest BCUT2D eigenvalue weighted by Gasteiger charge is 2.18. The van der Waals surface area contributed by atoms with Gasteiger partial charge in [-0.05, 0) is 74.9 Å². The summed E-state index contributed by atoms with van der Waals surface area (Å²) in [6, 6.07) is 16.1. The monoisotopic (exact) mass is 513 g/mol. The van der Waals surface area contributed by atoms with Crippen LogP contribution in [0, 0.1) is 13.8 Å². The Bertz CT molecular complexity index is 1330. The lowest BCUT2D eigenvalue weighted by Gasteiger charge is -2.08. The maximum atomic E-state index is 12.8. The van der Waals surface area contributed by atoms with Crippen LogP contribution in [0.1, 0.15) is 40.2 Å². The number of ether oxygens (including phenoxy) is 2. The van der Waals surface area contributed by atoms with Crippen molar-refractivity contribution in [2.24, 2.45) is 0 Å². The molecule has 182 valence electrons. The maximum absolute atomic E-state index is 12.8. The third-order valence-electron chi connectivity index (χ3n) is 5.34. The van der Waals surface area contributed by atoms with Gasteiger partial charge in [0, 0.05) is 0 Å². The van der Waals surface area contributed by atoms with Gasteiger partial charge >= 0.3 is 0 Å². The Labute approximate surface area is 213 Å². The van der Waals surface area contributed by atoms with Crippen LogP contribution >= 0.6 is 23.2 Å². The second-order valence-corrected chi connectivity index (χ2v) is 8.68. The Morgan fingerprint density at radius 2 is 1.71 bits per heavy atom. The number of hydrogen-bond acceptors (Lipinski definition) is 5. The number of carbonyl (C=O) groups is 1. The molecule has 0 spiro atoms. The van der Waals surface area contributed by atoms with Crippen LogP contribution in [-0.2, 0) is 13.2 Å². The first-order chi connectivity index (χ1) is 16.8. The van der Waals surface area contributed by atoms with E-state index in [0.29, 0.717) is 46.1 Å². The van der Waals surface area contributed by atoms with Crippen molar-refractivity contribution in [3.63, 3.8) is 0 Å². The fourth-order valence-corrected chi connectivity index (χ4v) is 3.87. The molecule has 0 saturated heterocycles. The molecule has 4 rings (SSSR count). The molecule has 2 aromatic heterocycles. The second-order valence-electron chi connectivity index (χ2n) is 7.87. The van der Waals surface area contributed by atoms with Crippen LogP contribution in [0.4, 0.5) is 5.69 Å². The van der Waals surface area contributed by atoms with Gasteiger partial charge in [0.1, 0.15) is 23.9 Å². The summed E-state index contributed by atoms with van der Waals surface area (Å²) in [5.41, 5.74) is 3.10. The van der Waals surface area contributed by atoms with Gasteiger partial charge in [-0.2, -0.15) is 5.10 Å². The number of amides is 1. The summed E-state index contributed by atoms with van der Waals surface area (Å²) in [5.74, 6) is 1.82. The van der Waals surface area contributed by atoms with E-state index in [4.69, 9.17) is 37.1 Å². The summed E-state index contributed by atoms with van der Waals surface area (Å²) in [5, 5.41) is 8.45. The van der Waals surface area contributed by atoms with Crippen LogP contribution < -0.4 is 14.8 Å². The van der Waals surface area contributed by atoms with Crippen molar-refractivity contribution in [3.05, 3.63) is 93.1 Å². The Kier molecular flexibility index (Phi) is 7.68. The van der Waals surface area contributed by atoms with E-state index in [1.165, 1.54) is 0 Å². The van der Waals surface area contributed by atoms with Gasteiger partial charge in [0.25, 0.3) is 5.91 Å². The van der Waals surface area contributed by atoms with Crippen molar-refractivity contribution in [2.75, 3.05) is 11.9 Å². The Balaban J connectivity index is 1.38. The summed E-state index contributed by atoms with van der Waals surface area (Å²) in [6.07, 6.45) is 0. The molecule has 2 aromatic carbocycles. The third kappa shape index (κ3) is 5.99. The molecule has 0 bridgehead atoms. The molecule has 0 radical (unpaired) electrons. The van der Waals surface area contributed by atoms with Gasteiger partial charge in [-0.15, -0.1) is 0 Å². The number of furan rings is 1. The van der Waals surface area contributed by atoms with E-state index in [0.717, 1.165) is 17.0 Å². The van der Waals surface area contributed by atoms with Crippen LogP contribution in [-0.4, -0.2) is 22.3 Å². The number of halogens is 2. The molecule has 0 saturated carbocycles. The van der Waals surface area contributed by atoms with Gasteiger partial charge in [-0.3, -0.25) is 9.48 Å². The van der Waals surface area contributed by atoms with Crippen LogP contribution in [0.2, 0.25) is 10.0 Å². The molecular weight excluding hydrogens is 489 g/mol. The van der Waals surface area contributed by atoms with E-state index >= 15 is 0 Å². The normalized spacial score (nSPS) is 10.9. The Morgan fingerprint density at radius 3 is 2.40 bits per heavy atom. The average Bonchev–Trinajstić information content (AvgIpc) is 3.42. The number of anilines is 1. The largest absolute Gasteiger partial charge is 0.494 e. The van der Waals surface area contributed by atoms with Gasteiger partial charge in [0.2, 0.25) is 0 Å². The minimum atomic E-state index is -0.363. The number of nitrogens with zero attached hydrogens (tertiary/aromatic N) is 2. The first-order valence-electron chi connectivity index (χ1n) is 11.1. The number of carbonyl (C=O) groups excluding carboxylic acids is 1. The number of rotatable bonds is 9. The lowest BCUT2D eigenvalue weighted by molar-refractivity contribution is 0.0992. The molecule has 35 heavy (non-hydrogen) atoms. The van der Waals surface area contributed by atoms with Crippen LogP contribution in [0.3, 0.4) is 0 Å². The highest BCUT2D eigenvalue weighted by atomic mass is 35.5. The number of aromatic nitrogens is 2. The highest BCUT2D eigenvalue weighted by molar-refractivity contribution is 6.42. The quantitative estimate of drug-likeness (QED) is 0.270. The highest BCUT2D eigenvalue weighted by Crippen LogP contribution is 2.26. The second kappa shape index (κ2) is 10.9. The molecule has 9 heteroatoms. The Morgan fingerprint density at radius 1 is 1.00 bits per heavy atom. The van der Waals surface area contributed by atoms with Crippen LogP contribution in [0.5, 0.6) is 11.5 Å². The number of nitrogens with one attached hydrogen (secondary N) is 1. The average molecular weight is 514 g/mol. The van der Waals surface area contributed by atoms with Crippen LogP contribution in [0.25, 0.3) is 0 Å². The van der Waals surface area contributed by atoms with Gasteiger partial charge in [0.05, 0.1) is 40.3 Å². The zero-order chi connectivity index (χ0) is 24.9. The molecule has 1 N–H and O–H groups in total. The topological polar surface area (TPSA) is 78.5 Å². The molecule has 0 unspecified atom stereocenters. The fourth-order valence-electron chi connectivity index (χ4n) is 3.55. The van der Waals surface area contributed by atoms with Crippen molar-refractivity contribution in [2.45, 2.75) is 33.9 Å². The van der Waals surface area contributed by atoms with Crippen molar-refractivity contribution >= 4 is 34.8 Å². The minimum absolute atomic E-state index is 0.186. The molecule has 4 aromatic rings. The van der Waals surface area contributed by atoms with Crippen molar-refractivity contribution in [1.82, 2.24) is 9.78 Å². The smallest absolute Gasteiger partial charge is 0.291 e. The predicted molar refractivity (Wildman–Crippen MR) is 136 cm³/mol. The number of aryl methyl sites for hydroxylation is 1. The molecule has 0 aliphatic rings. The molecule has 0 aliphatic heterocycles. The van der Waals surface area contributed by atoms with E-state index in [9.17, 15) is 4.79 Å². The summed E-state index contributed by atoms with van der Waals surface area (Å²) in [4.78, 5) is 12.8. The number of benzene rings is 2. The van der Waals surface area contributed by atoms with Crippen LogP contribution in [0.15, 0.2) is 59.0 Å². The standard InChI is InChI=1S/C26H25Cl2N3O4/c1-4-33-19-6-8-20(9-7-19)34-15-21-10-12-24(35-21)26(32)29-25-16(2)30-31(17(25)3)14-18-5-11-22(27)23(28)13-18/h5-13H,4,14-15H2,1-3H3,(H,29,32). The van der Waals surface area contributed by atoms with E-state index in [1.54, 1.807) is 24.3 Å². The SMILES string of the molecule is CCOc1ccc(OCc2ccc(C(=O)Nc3c(C)nn(Cc4ccc(Cl)c(Cl)c4)c3C)o2)cc1. The van der Waals surface area contributed by atoms with E-state index in [-0.39, 0.29) is 18.3 Å². The van der Waals surface area contributed by atoms with Gasteiger partial charge < -0.3 is 19.2 Å². The summed E-state index contributed by atoms with van der Waals surface area (Å²) in [6.45, 7) is 6.96. The molecule has 0 aliphatic carbocycles. The first-order valence-corrected chi connectivity index (χ1v) is 11.8. The summed E-state index contributed by atoms with van der Waals surface area (Å²) >= 11 is 12.1. The van der Waals surface area contributed by atoms with Crippen molar-refractivity contribution < 1.29 is 18.7 Å². The lowest BCUT2D eigenvalue weighted by atomic mass is 10.2. The van der Waals surface area contributed by atoms with E-state index in [1.807, 2.05) is 55.8 Å². The minimum Gasteiger partial charge on any atom is -0.494 e. The van der Waals surface area contributed by atoms with Gasteiger partial charge in [-0.1, -0.05) is 29.3 Å². The van der Waals surface area contributed by atoms with Crippen molar-refractivity contribution in [1.29, 1.82) is 0 Å². The third-order valence-corrected chi connectivity index (χ3v) is 6.08. The number of hydrogen-bond donors (Lipinski definition) is 1. The zero-order valence-corrected chi connectivity index (χ0v) is 21.1. The predicted octanol–water partition coefficient (Wildman–Crippen LogP) is 6.68. The van der Waals surface area contributed by atoms with E-state index in [2.05, 4.69) is 10.4 Å². The van der Waals surface area contributed by atoms with Crippen molar-refractivity contribution in [3.8, 4) is 11.5 Å². The summed E-state index contributed by atoms with van der Waals surface area (Å²) < 4.78 is 18.7. The molecule has 7 nitrogen and oxygen atoms in total. The maximum Gasteiger partial charge on any atom is 0.291 e.